The van der Waals surface area contributed by atoms with Gasteiger partial charge in [-0.05, 0) is 6.07 Å². The van der Waals surface area contributed by atoms with Crippen LogP contribution < -0.4 is 20.5 Å². The molecule has 2 aromatic heterocycles. The van der Waals surface area contributed by atoms with Gasteiger partial charge < -0.3 is 23.7 Å². The fourth-order valence-electron chi connectivity index (χ4n) is 2.42. The van der Waals surface area contributed by atoms with Crippen molar-refractivity contribution in [2.75, 3.05) is 21.3 Å². The van der Waals surface area contributed by atoms with E-state index in [1.54, 1.807) is 13.1 Å². The molecule has 0 fully saturated rings. The molecule has 0 saturated heterocycles. The summed E-state index contributed by atoms with van der Waals surface area (Å²) < 4.78 is 21.6. The van der Waals surface area contributed by atoms with Crippen molar-refractivity contribution in [2.45, 2.75) is 0 Å². The van der Waals surface area contributed by atoms with Gasteiger partial charge in [-0.1, -0.05) is 11.6 Å². The van der Waals surface area contributed by atoms with Crippen LogP contribution in [0.2, 0.25) is 5.02 Å². The molecule has 1 aromatic carbocycles. The zero-order chi connectivity index (χ0) is 16.6. The lowest BCUT2D eigenvalue weighted by atomic mass is 10.1. The summed E-state index contributed by atoms with van der Waals surface area (Å²) in [5.41, 5.74) is 2.58. The first kappa shape index (κ1) is 15.2. The number of halogens is 1. The van der Waals surface area contributed by atoms with Crippen molar-refractivity contribution in [1.82, 2.24) is 5.43 Å². The van der Waals surface area contributed by atoms with Crippen molar-refractivity contribution in [3.63, 3.8) is 0 Å². The van der Waals surface area contributed by atoms with Gasteiger partial charge in [-0.3, -0.25) is 0 Å². The van der Waals surface area contributed by atoms with E-state index < -0.39 is 5.63 Å². The molecule has 0 unspecified atom stereocenters. The third-order valence-corrected chi connectivity index (χ3v) is 3.77. The largest absolute Gasteiger partial charge is 0.495 e. The molecule has 0 radical (unpaired) electrons. The zero-order valence-electron chi connectivity index (χ0n) is 12.6. The van der Waals surface area contributed by atoms with Crippen LogP contribution in [-0.4, -0.2) is 27.5 Å². The molecule has 0 amide bonds. The van der Waals surface area contributed by atoms with Crippen LogP contribution in [0.25, 0.3) is 21.9 Å². The summed E-state index contributed by atoms with van der Waals surface area (Å²) >= 11 is 6.42. The molecule has 0 aliphatic carbocycles. The first-order valence-electron chi connectivity index (χ1n) is 6.61. The van der Waals surface area contributed by atoms with Gasteiger partial charge in [-0.25, -0.2) is 4.79 Å². The second-order valence-electron chi connectivity index (χ2n) is 4.53. The Bertz CT molecular complexity index is 974. The molecule has 1 N–H and O–H groups in total. The monoisotopic (exact) mass is 336 g/mol. The Morgan fingerprint density at radius 3 is 2.65 bits per heavy atom. The van der Waals surface area contributed by atoms with Crippen molar-refractivity contribution < 1.29 is 18.3 Å². The van der Waals surface area contributed by atoms with Crippen molar-refractivity contribution in [1.29, 1.82) is 0 Å². The molecule has 23 heavy (non-hydrogen) atoms. The number of benzene rings is 1. The highest BCUT2D eigenvalue weighted by Gasteiger charge is 2.24. The fraction of sp³-hybridized carbons (Fsp3) is 0.200. The Labute approximate surface area is 135 Å². The van der Waals surface area contributed by atoms with E-state index in [2.05, 4.69) is 10.5 Å². The summed E-state index contributed by atoms with van der Waals surface area (Å²) in [5, 5.41) is 5.04. The zero-order valence-corrected chi connectivity index (χ0v) is 13.4. The predicted molar refractivity (Wildman–Crippen MR) is 87.0 cm³/mol. The number of nitrogens with zero attached hydrogens (tertiary/aromatic N) is 1. The summed E-state index contributed by atoms with van der Waals surface area (Å²) in [5.74, 6) is 0.703. The van der Waals surface area contributed by atoms with E-state index in [1.165, 1.54) is 26.7 Å². The maximum absolute atomic E-state index is 12.2. The Balaban J connectivity index is 2.56. The van der Waals surface area contributed by atoms with Crippen molar-refractivity contribution >= 4 is 39.8 Å². The molecule has 120 valence electrons. The smallest absolute Gasteiger partial charge is 0.346 e. The van der Waals surface area contributed by atoms with Gasteiger partial charge in [0.1, 0.15) is 5.75 Å². The molecule has 0 spiro atoms. The number of hydrazone groups is 1. The van der Waals surface area contributed by atoms with E-state index in [1.807, 2.05) is 0 Å². The molecule has 0 saturated carbocycles. The first-order valence-corrected chi connectivity index (χ1v) is 6.99. The van der Waals surface area contributed by atoms with Crippen LogP contribution >= 0.6 is 11.6 Å². The topological polar surface area (TPSA) is 86.2 Å². The lowest BCUT2D eigenvalue weighted by molar-refractivity contribution is 0.398. The maximum atomic E-state index is 12.2. The standard InChI is InChI=1S/C15H13ClN2O5/c1-17-18-6-8-10(16)9-11(20-2)7-4-5-22-12(7)14(21-3)13(9)23-15(8)19/h4-6,17H,1-3H3/b18-6+. The normalized spacial score (nSPS) is 11.5. The number of hydrogen-bond acceptors (Lipinski definition) is 7. The lowest BCUT2D eigenvalue weighted by Gasteiger charge is -2.12. The second kappa shape index (κ2) is 5.85. The van der Waals surface area contributed by atoms with Crippen LogP contribution in [0, 0.1) is 0 Å². The Morgan fingerprint density at radius 2 is 2.00 bits per heavy atom. The van der Waals surface area contributed by atoms with Crippen molar-refractivity contribution in [3.05, 3.63) is 33.3 Å². The quantitative estimate of drug-likeness (QED) is 0.448. The molecule has 8 heteroatoms. The number of fused-ring (bicyclic) bond motifs is 2. The molecule has 3 aromatic rings. The molecule has 0 bridgehead atoms. The SMILES string of the molecule is CN/N=C/c1c(Cl)c2c(OC)c3ccoc3c(OC)c2oc1=O. The minimum absolute atomic E-state index is 0.108. The average Bonchev–Trinajstić information content (AvgIpc) is 3.01. The number of ether oxygens (including phenoxy) is 2. The van der Waals surface area contributed by atoms with Gasteiger partial charge >= 0.3 is 5.63 Å². The second-order valence-corrected chi connectivity index (χ2v) is 4.91. The first-order chi connectivity index (χ1) is 11.1. The number of hydrogen-bond donors (Lipinski definition) is 1. The molecule has 0 atom stereocenters. The van der Waals surface area contributed by atoms with Gasteiger partial charge in [0.2, 0.25) is 5.75 Å². The third-order valence-electron chi connectivity index (χ3n) is 3.38. The minimum Gasteiger partial charge on any atom is -0.495 e. The summed E-state index contributed by atoms with van der Waals surface area (Å²) in [6.45, 7) is 0. The highest BCUT2D eigenvalue weighted by atomic mass is 35.5. The van der Waals surface area contributed by atoms with E-state index in [9.17, 15) is 4.79 Å². The van der Waals surface area contributed by atoms with Crippen LogP contribution in [-0.2, 0) is 0 Å². The van der Waals surface area contributed by atoms with E-state index >= 15 is 0 Å². The maximum Gasteiger partial charge on any atom is 0.346 e. The van der Waals surface area contributed by atoms with E-state index in [0.717, 1.165) is 0 Å². The van der Waals surface area contributed by atoms with Gasteiger partial charge in [-0.2, -0.15) is 5.10 Å². The predicted octanol–water partition coefficient (Wildman–Crippen LogP) is 2.76. The number of methoxy groups -OCH3 is 2. The summed E-state index contributed by atoms with van der Waals surface area (Å²) in [4.78, 5) is 12.2. The van der Waals surface area contributed by atoms with Gasteiger partial charge in [0.05, 0.1) is 48.1 Å². The number of furan rings is 1. The highest BCUT2D eigenvalue weighted by molar-refractivity contribution is 6.39. The summed E-state index contributed by atoms with van der Waals surface area (Å²) in [6.07, 6.45) is 2.78. The summed E-state index contributed by atoms with van der Waals surface area (Å²) in [6, 6.07) is 1.72. The number of nitrogens with one attached hydrogen (secondary N) is 1. The molecular weight excluding hydrogens is 324 g/mol. The van der Waals surface area contributed by atoms with E-state index in [0.29, 0.717) is 22.1 Å². The van der Waals surface area contributed by atoms with Gasteiger partial charge in [0, 0.05) is 7.05 Å². The molecule has 0 aliphatic heterocycles. The van der Waals surface area contributed by atoms with Gasteiger partial charge in [0.25, 0.3) is 0 Å². The molecule has 3 rings (SSSR count). The van der Waals surface area contributed by atoms with Gasteiger partial charge in [-0.15, -0.1) is 0 Å². The fourth-order valence-corrected chi connectivity index (χ4v) is 2.72. The van der Waals surface area contributed by atoms with Crippen LogP contribution in [0.15, 0.2) is 31.1 Å². The lowest BCUT2D eigenvalue weighted by Crippen LogP contribution is -2.10. The Morgan fingerprint density at radius 1 is 1.26 bits per heavy atom. The molecule has 0 aliphatic rings. The summed E-state index contributed by atoms with van der Waals surface area (Å²) in [7, 11) is 4.55. The van der Waals surface area contributed by atoms with E-state index in [-0.39, 0.29) is 21.9 Å². The van der Waals surface area contributed by atoms with Crippen LogP contribution in [0.3, 0.4) is 0 Å². The Hall–Kier alpha value is -2.67. The third kappa shape index (κ3) is 2.20. The van der Waals surface area contributed by atoms with Crippen LogP contribution in [0.4, 0.5) is 0 Å². The minimum atomic E-state index is -0.646. The molecule has 7 nitrogen and oxygen atoms in total. The molecular formula is C15H13ClN2O5. The van der Waals surface area contributed by atoms with Crippen LogP contribution in [0.5, 0.6) is 11.5 Å². The molecule has 2 heterocycles. The van der Waals surface area contributed by atoms with Crippen LogP contribution in [0.1, 0.15) is 5.56 Å². The van der Waals surface area contributed by atoms with Crippen molar-refractivity contribution in [2.24, 2.45) is 5.10 Å². The Kier molecular flexibility index (Phi) is 3.87. The average molecular weight is 337 g/mol. The number of rotatable bonds is 4. The van der Waals surface area contributed by atoms with Gasteiger partial charge in [0.15, 0.2) is 11.2 Å². The van der Waals surface area contributed by atoms with Crippen molar-refractivity contribution in [3.8, 4) is 11.5 Å². The highest BCUT2D eigenvalue weighted by Crippen LogP contribution is 2.45. The van der Waals surface area contributed by atoms with E-state index in [4.69, 9.17) is 29.9 Å².